The minimum atomic E-state index is -4.52. The van der Waals surface area contributed by atoms with Gasteiger partial charge in [0.25, 0.3) is 0 Å². The third kappa shape index (κ3) is 7.15. The van der Waals surface area contributed by atoms with Gasteiger partial charge in [0.05, 0.1) is 22.0 Å². The summed E-state index contributed by atoms with van der Waals surface area (Å²) in [6, 6.07) is 19.5. The summed E-state index contributed by atoms with van der Waals surface area (Å²) in [6.45, 7) is 0. The molecule has 0 spiro atoms. The third-order valence-electron chi connectivity index (χ3n) is 4.08. The molecule has 0 radical (unpaired) electrons. The molecular weight excluding hydrogens is 479 g/mol. The Morgan fingerprint density at radius 2 is 1.53 bits per heavy atom. The Bertz CT molecular complexity index is 1090. The van der Waals surface area contributed by atoms with Crippen LogP contribution in [0.5, 0.6) is 0 Å². The van der Waals surface area contributed by atoms with Crippen molar-refractivity contribution in [2.75, 3.05) is 21.7 Å². The summed E-state index contributed by atoms with van der Waals surface area (Å²) >= 11 is 12.4. The fourth-order valence-corrected chi connectivity index (χ4v) is 3.68. The largest absolute Gasteiger partial charge is 0.416 e. The van der Waals surface area contributed by atoms with Crippen molar-refractivity contribution in [3.63, 3.8) is 0 Å². The lowest BCUT2D eigenvalue weighted by Crippen LogP contribution is -2.18. The molecule has 0 bridgehead atoms. The van der Waals surface area contributed by atoms with Gasteiger partial charge in [-0.05, 0) is 66.8 Å². The molecule has 0 atom stereocenters. The average molecular weight is 496 g/mol. The lowest BCUT2D eigenvalue weighted by atomic mass is 10.2. The number of hydrogen-bond acceptors (Lipinski definition) is 3. The van der Waals surface area contributed by atoms with Gasteiger partial charge in [-0.3, -0.25) is 4.79 Å². The van der Waals surface area contributed by atoms with Crippen LogP contribution in [0.15, 0.2) is 77.7 Å². The SMILES string of the molecule is O=C(CSc1ccc(NC(=S)Nc2ccccc2)cc1)Nc1cc(C(F)(F)F)ccc1Cl. The maximum Gasteiger partial charge on any atom is 0.416 e. The highest BCUT2D eigenvalue weighted by Crippen LogP contribution is 2.34. The van der Waals surface area contributed by atoms with Gasteiger partial charge in [-0.25, -0.2) is 0 Å². The van der Waals surface area contributed by atoms with Crippen molar-refractivity contribution < 1.29 is 18.0 Å². The van der Waals surface area contributed by atoms with E-state index in [2.05, 4.69) is 16.0 Å². The van der Waals surface area contributed by atoms with E-state index < -0.39 is 17.6 Å². The summed E-state index contributed by atoms with van der Waals surface area (Å²) in [6.07, 6.45) is -4.52. The summed E-state index contributed by atoms with van der Waals surface area (Å²) in [7, 11) is 0. The minimum Gasteiger partial charge on any atom is -0.332 e. The highest BCUT2D eigenvalue weighted by Gasteiger charge is 2.31. The Balaban J connectivity index is 1.51. The minimum absolute atomic E-state index is 0.00727. The molecule has 166 valence electrons. The lowest BCUT2D eigenvalue weighted by Gasteiger charge is -2.12. The fourth-order valence-electron chi connectivity index (χ4n) is 2.58. The summed E-state index contributed by atoms with van der Waals surface area (Å²) in [5.41, 5.74) is 0.672. The first-order chi connectivity index (χ1) is 15.2. The van der Waals surface area contributed by atoms with Gasteiger partial charge < -0.3 is 16.0 Å². The molecule has 0 aliphatic heterocycles. The Kier molecular flexibility index (Phi) is 8.00. The van der Waals surface area contributed by atoms with Gasteiger partial charge in [0.15, 0.2) is 5.11 Å². The molecule has 0 saturated heterocycles. The van der Waals surface area contributed by atoms with Crippen molar-refractivity contribution in [2.24, 2.45) is 0 Å². The van der Waals surface area contributed by atoms with Crippen molar-refractivity contribution in [3.05, 3.63) is 83.4 Å². The Labute approximate surface area is 197 Å². The molecule has 3 aromatic rings. The van der Waals surface area contributed by atoms with E-state index in [0.29, 0.717) is 5.11 Å². The monoisotopic (exact) mass is 495 g/mol. The number of benzene rings is 3. The third-order valence-corrected chi connectivity index (χ3v) is 5.63. The number of carbonyl (C=O) groups excluding carboxylic acids is 1. The zero-order valence-corrected chi connectivity index (χ0v) is 18.8. The Hall–Kier alpha value is -2.75. The second-order valence-electron chi connectivity index (χ2n) is 6.50. The van der Waals surface area contributed by atoms with E-state index in [4.69, 9.17) is 23.8 Å². The van der Waals surface area contributed by atoms with Crippen LogP contribution in [0.2, 0.25) is 5.02 Å². The molecule has 0 fully saturated rings. The van der Waals surface area contributed by atoms with Gasteiger partial charge in [-0.1, -0.05) is 29.8 Å². The molecule has 10 heteroatoms. The molecular formula is C22H17ClF3N3OS2. The summed E-state index contributed by atoms with van der Waals surface area (Å²) in [5.74, 6) is -0.459. The van der Waals surface area contributed by atoms with Crippen LogP contribution >= 0.6 is 35.6 Å². The normalized spacial score (nSPS) is 11.0. The van der Waals surface area contributed by atoms with Crippen LogP contribution in [-0.4, -0.2) is 16.8 Å². The van der Waals surface area contributed by atoms with E-state index in [1.807, 2.05) is 54.6 Å². The van der Waals surface area contributed by atoms with Crippen LogP contribution in [0.3, 0.4) is 0 Å². The standard InChI is InChI=1S/C22H17ClF3N3OS2/c23-18-11-6-14(22(24,25)26)12-19(18)29-20(30)13-32-17-9-7-16(8-10-17)28-21(31)27-15-4-2-1-3-5-15/h1-12H,13H2,(H,29,30)(H2,27,28,31). The number of nitrogens with one attached hydrogen (secondary N) is 3. The van der Waals surface area contributed by atoms with Crippen molar-refractivity contribution in [1.29, 1.82) is 0 Å². The van der Waals surface area contributed by atoms with E-state index in [1.165, 1.54) is 11.8 Å². The van der Waals surface area contributed by atoms with Gasteiger partial charge >= 0.3 is 6.18 Å². The van der Waals surface area contributed by atoms with E-state index in [-0.39, 0.29) is 16.5 Å². The second kappa shape index (κ2) is 10.7. The summed E-state index contributed by atoms with van der Waals surface area (Å²) in [4.78, 5) is 13.0. The van der Waals surface area contributed by atoms with Crippen LogP contribution in [0.25, 0.3) is 0 Å². The topological polar surface area (TPSA) is 53.2 Å². The van der Waals surface area contributed by atoms with Crippen molar-refractivity contribution in [3.8, 4) is 0 Å². The molecule has 3 aromatic carbocycles. The van der Waals surface area contributed by atoms with E-state index in [0.717, 1.165) is 34.5 Å². The molecule has 0 heterocycles. The number of amides is 1. The van der Waals surface area contributed by atoms with Crippen molar-refractivity contribution in [1.82, 2.24) is 0 Å². The van der Waals surface area contributed by atoms with Crippen molar-refractivity contribution >= 4 is 63.7 Å². The number of alkyl halides is 3. The van der Waals surface area contributed by atoms with E-state index in [9.17, 15) is 18.0 Å². The number of halogens is 4. The van der Waals surface area contributed by atoms with Crippen LogP contribution in [0.4, 0.5) is 30.2 Å². The molecule has 3 N–H and O–H groups in total. The molecule has 0 unspecified atom stereocenters. The van der Waals surface area contributed by atoms with Gasteiger partial charge in [0.2, 0.25) is 5.91 Å². The van der Waals surface area contributed by atoms with Crippen LogP contribution in [0.1, 0.15) is 5.56 Å². The quantitative estimate of drug-likeness (QED) is 0.256. The molecule has 32 heavy (non-hydrogen) atoms. The average Bonchev–Trinajstić information content (AvgIpc) is 2.74. The molecule has 1 amide bonds. The molecule has 0 aliphatic rings. The molecule has 0 aromatic heterocycles. The highest BCUT2D eigenvalue weighted by molar-refractivity contribution is 8.00. The molecule has 3 rings (SSSR count). The maximum absolute atomic E-state index is 12.9. The zero-order chi connectivity index (χ0) is 23.1. The number of hydrogen-bond donors (Lipinski definition) is 3. The summed E-state index contributed by atoms with van der Waals surface area (Å²) in [5, 5.41) is 9.03. The summed E-state index contributed by atoms with van der Waals surface area (Å²) < 4.78 is 38.6. The smallest absolute Gasteiger partial charge is 0.332 e. The number of carbonyl (C=O) groups is 1. The lowest BCUT2D eigenvalue weighted by molar-refractivity contribution is -0.137. The number of thioether (sulfide) groups is 1. The van der Waals surface area contributed by atoms with E-state index in [1.54, 1.807) is 0 Å². The molecule has 0 saturated carbocycles. The number of thiocarbonyl (C=S) groups is 1. The van der Waals surface area contributed by atoms with Crippen molar-refractivity contribution in [2.45, 2.75) is 11.1 Å². The van der Waals surface area contributed by atoms with Crippen LogP contribution in [0, 0.1) is 0 Å². The fraction of sp³-hybridized carbons (Fsp3) is 0.0909. The van der Waals surface area contributed by atoms with Gasteiger partial charge in [-0.15, -0.1) is 11.8 Å². The maximum atomic E-state index is 12.9. The number of para-hydroxylation sites is 1. The number of rotatable bonds is 6. The second-order valence-corrected chi connectivity index (χ2v) is 8.36. The predicted octanol–water partition coefficient (Wildman–Crippen LogP) is 6.90. The Morgan fingerprint density at radius 1 is 0.906 bits per heavy atom. The van der Waals surface area contributed by atoms with Gasteiger partial charge in [0.1, 0.15) is 0 Å². The molecule has 0 aliphatic carbocycles. The highest BCUT2D eigenvalue weighted by atomic mass is 35.5. The Morgan fingerprint density at radius 3 is 2.16 bits per heavy atom. The first-order valence-electron chi connectivity index (χ1n) is 9.23. The van der Waals surface area contributed by atoms with Crippen LogP contribution < -0.4 is 16.0 Å². The van der Waals surface area contributed by atoms with E-state index >= 15 is 0 Å². The first-order valence-corrected chi connectivity index (χ1v) is 11.0. The van der Waals surface area contributed by atoms with Gasteiger partial charge in [-0.2, -0.15) is 13.2 Å². The van der Waals surface area contributed by atoms with Crippen LogP contribution in [-0.2, 0) is 11.0 Å². The van der Waals surface area contributed by atoms with Gasteiger partial charge in [0, 0.05) is 16.3 Å². The predicted molar refractivity (Wildman–Crippen MR) is 129 cm³/mol. The first kappa shape index (κ1) is 23.9. The molecule has 4 nitrogen and oxygen atoms in total. The number of anilines is 3. The zero-order valence-electron chi connectivity index (χ0n) is 16.4.